The number of nitrogens with one attached hydrogen (secondary N) is 1. The Balaban J connectivity index is 1.49. The number of pyridine rings is 2. The molecule has 0 bridgehead atoms. The lowest BCUT2D eigenvalue weighted by atomic mass is 9.83. The molecule has 5 rings (SSSR count). The summed E-state index contributed by atoms with van der Waals surface area (Å²) in [6.45, 7) is 2.49. The van der Waals surface area contributed by atoms with Crippen LogP contribution in [0.5, 0.6) is 0 Å². The summed E-state index contributed by atoms with van der Waals surface area (Å²) in [6.07, 6.45) is 7.12. The van der Waals surface area contributed by atoms with Crippen LogP contribution in [0.3, 0.4) is 0 Å². The molecule has 2 atom stereocenters. The highest BCUT2D eigenvalue weighted by Gasteiger charge is 2.51. The lowest BCUT2D eigenvalue weighted by Crippen LogP contribution is -2.59. The van der Waals surface area contributed by atoms with Crippen molar-refractivity contribution >= 4 is 16.8 Å². The van der Waals surface area contributed by atoms with Gasteiger partial charge >= 0.3 is 0 Å². The number of carbonyl (C=O) groups is 1. The number of carbonyl (C=O) groups excluding carboxylic acids is 1. The number of likely N-dealkylation sites (tertiary alicyclic amines) is 1. The maximum atomic E-state index is 14.9. The third-order valence-electron chi connectivity index (χ3n) is 7.26. The second kappa shape index (κ2) is 7.76. The van der Waals surface area contributed by atoms with Gasteiger partial charge in [-0.3, -0.25) is 19.5 Å². The van der Waals surface area contributed by atoms with Crippen LogP contribution < -0.4 is 11.3 Å². The number of rotatable bonds is 6. The van der Waals surface area contributed by atoms with Crippen molar-refractivity contribution in [1.29, 1.82) is 0 Å². The number of aromatic nitrogens is 3. The van der Waals surface area contributed by atoms with Crippen molar-refractivity contribution in [3.63, 3.8) is 0 Å². The summed E-state index contributed by atoms with van der Waals surface area (Å²) in [5.74, 6) is -4.11. The first-order chi connectivity index (χ1) is 15.7. The molecule has 4 heterocycles. The molecule has 3 N–H and O–H groups in total. The Labute approximate surface area is 189 Å². The predicted octanol–water partition coefficient (Wildman–Crippen LogP) is 2.96. The zero-order chi connectivity index (χ0) is 23.4. The molecule has 0 spiro atoms. The van der Waals surface area contributed by atoms with Crippen LogP contribution >= 0.6 is 0 Å². The third-order valence-corrected chi connectivity index (χ3v) is 7.26. The van der Waals surface area contributed by atoms with E-state index in [0.29, 0.717) is 17.2 Å². The Morgan fingerprint density at radius 3 is 2.79 bits per heavy atom. The number of nitrogens with zero attached hydrogens (tertiary/aromatic N) is 3. The first kappa shape index (κ1) is 21.8. The van der Waals surface area contributed by atoms with Crippen molar-refractivity contribution in [2.75, 3.05) is 13.1 Å². The Morgan fingerprint density at radius 1 is 1.33 bits per heavy atom. The van der Waals surface area contributed by atoms with E-state index in [1.807, 2.05) is 18.3 Å². The number of primary amides is 1. The number of alkyl halides is 2. The predicted molar refractivity (Wildman–Crippen MR) is 120 cm³/mol. The van der Waals surface area contributed by atoms with Crippen molar-refractivity contribution in [3.05, 3.63) is 64.5 Å². The van der Waals surface area contributed by atoms with Crippen LogP contribution in [-0.2, 0) is 16.9 Å². The first-order valence-corrected chi connectivity index (χ1v) is 11.3. The number of halogens is 2. The van der Waals surface area contributed by atoms with Crippen molar-refractivity contribution < 1.29 is 13.6 Å². The lowest BCUT2D eigenvalue weighted by Gasteiger charge is -2.46. The monoisotopic (exact) mass is 455 g/mol. The average molecular weight is 456 g/mol. The highest BCUT2D eigenvalue weighted by molar-refractivity contribution is 5.87. The second-order valence-electron chi connectivity index (χ2n) is 9.47. The van der Waals surface area contributed by atoms with Crippen LogP contribution in [-0.4, -0.2) is 44.4 Å². The standard InChI is InChI=1S/C24H27F2N5O2/c1-23(22(27)33,20-10-16-6-8-30(13-15-2-3-15)19(16)12-28-20)31-9-7-24(25,26)18(14-31)17-4-5-21(32)29-11-17/h4-6,8,10-12,15,18H,2-3,7,9,13-14H2,1H3,(H2,27,33)(H,29,32)/t18-,23?/m1/s1. The van der Waals surface area contributed by atoms with Crippen LogP contribution in [0.15, 0.2) is 47.7 Å². The van der Waals surface area contributed by atoms with E-state index >= 15 is 0 Å². The van der Waals surface area contributed by atoms with E-state index in [9.17, 15) is 18.4 Å². The number of nitrogens with two attached hydrogens (primary N) is 1. The molecule has 33 heavy (non-hydrogen) atoms. The van der Waals surface area contributed by atoms with Gasteiger partial charge in [0.1, 0.15) is 5.54 Å². The van der Waals surface area contributed by atoms with Gasteiger partial charge in [0.15, 0.2) is 0 Å². The maximum Gasteiger partial charge on any atom is 0.257 e. The van der Waals surface area contributed by atoms with E-state index in [1.165, 1.54) is 31.2 Å². The van der Waals surface area contributed by atoms with Gasteiger partial charge < -0.3 is 15.3 Å². The molecule has 3 aromatic rings. The number of hydrogen-bond donors (Lipinski definition) is 2. The van der Waals surface area contributed by atoms with Crippen LogP contribution in [0.25, 0.3) is 10.9 Å². The van der Waals surface area contributed by atoms with Gasteiger partial charge in [0.05, 0.1) is 23.3 Å². The molecule has 1 aliphatic heterocycles. The van der Waals surface area contributed by atoms with E-state index in [4.69, 9.17) is 5.73 Å². The van der Waals surface area contributed by atoms with E-state index < -0.39 is 29.7 Å². The van der Waals surface area contributed by atoms with Gasteiger partial charge in [-0.1, -0.05) is 6.07 Å². The molecule has 7 nitrogen and oxygen atoms in total. The third kappa shape index (κ3) is 3.84. The van der Waals surface area contributed by atoms with Gasteiger partial charge in [0, 0.05) is 49.9 Å². The zero-order valence-electron chi connectivity index (χ0n) is 18.4. The largest absolute Gasteiger partial charge is 0.368 e. The summed E-state index contributed by atoms with van der Waals surface area (Å²) in [5.41, 5.74) is 5.89. The van der Waals surface area contributed by atoms with Crippen LogP contribution in [0, 0.1) is 5.92 Å². The van der Waals surface area contributed by atoms with Crippen molar-refractivity contribution in [3.8, 4) is 0 Å². The van der Waals surface area contributed by atoms with Crippen LogP contribution in [0.4, 0.5) is 8.78 Å². The number of fused-ring (bicyclic) bond motifs is 1. The van der Waals surface area contributed by atoms with Crippen molar-refractivity contribution in [2.24, 2.45) is 11.7 Å². The summed E-state index contributed by atoms with van der Waals surface area (Å²) >= 11 is 0. The van der Waals surface area contributed by atoms with Crippen molar-refractivity contribution in [1.82, 2.24) is 19.4 Å². The molecular formula is C24H27F2N5O2. The number of H-pyrrole nitrogens is 1. The van der Waals surface area contributed by atoms with E-state index in [2.05, 4.69) is 14.5 Å². The summed E-state index contributed by atoms with van der Waals surface area (Å²) in [7, 11) is 0. The quantitative estimate of drug-likeness (QED) is 0.597. The molecule has 2 aliphatic rings. The van der Waals surface area contributed by atoms with Gasteiger partial charge in [-0.2, -0.15) is 0 Å². The molecule has 1 saturated heterocycles. The van der Waals surface area contributed by atoms with Crippen LogP contribution in [0.2, 0.25) is 0 Å². The number of piperidine rings is 1. The Morgan fingerprint density at radius 2 is 2.12 bits per heavy atom. The highest BCUT2D eigenvalue weighted by Crippen LogP contribution is 2.43. The number of amides is 1. The minimum Gasteiger partial charge on any atom is -0.368 e. The maximum absolute atomic E-state index is 14.9. The molecule has 1 amide bonds. The molecule has 0 radical (unpaired) electrons. The first-order valence-electron chi connectivity index (χ1n) is 11.3. The van der Waals surface area contributed by atoms with E-state index in [-0.39, 0.29) is 18.6 Å². The number of aromatic amines is 1. The fourth-order valence-corrected chi connectivity index (χ4v) is 4.83. The minimum absolute atomic E-state index is 0.00526. The summed E-state index contributed by atoms with van der Waals surface area (Å²) in [5, 5.41) is 0.938. The van der Waals surface area contributed by atoms with Crippen LogP contribution in [0.1, 0.15) is 43.4 Å². The SMILES string of the molecule is CC(C(N)=O)(c1cc2ccn(CC3CC3)c2cn1)N1CCC(F)(F)[C@@H](c2ccc(=O)[nH]c2)C1. The smallest absolute Gasteiger partial charge is 0.257 e. The summed E-state index contributed by atoms with van der Waals surface area (Å²) < 4.78 is 31.9. The fourth-order valence-electron chi connectivity index (χ4n) is 4.83. The molecule has 1 unspecified atom stereocenters. The topological polar surface area (TPSA) is 97.0 Å². The normalized spacial score (nSPS) is 22.8. The lowest BCUT2D eigenvalue weighted by molar-refractivity contribution is -0.139. The minimum atomic E-state index is -2.98. The van der Waals surface area contributed by atoms with E-state index in [0.717, 1.165) is 17.4 Å². The van der Waals surface area contributed by atoms with Gasteiger partial charge in [-0.25, -0.2) is 8.78 Å². The van der Waals surface area contributed by atoms with Gasteiger partial charge in [-0.15, -0.1) is 0 Å². The van der Waals surface area contributed by atoms with E-state index in [1.54, 1.807) is 18.0 Å². The molecule has 1 aliphatic carbocycles. The molecular weight excluding hydrogens is 428 g/mol. The molecule has 1 saturated carbocycles. The summed E-state index contributed by atoms with van der Waals surface area (Å²) in [6, 6.07) is 6.47. The average Bonchev–Trinajstić information content (AvgIpc) is 3.52. The molecule has 2 fully saturated rings. The second-order valence-corrected chi connectivity index (χ2v) is 9.47. The fraction of sp³-hybridized carbons (Fsp3) is 0.458. The van der Waals surface area contributed by atoms with Gasteiger partial charge in [0.25, 0.3) is 5.92 Å². The number of hydrogen-bond acceptors (Lipinski definition) is 4. The Bertz CT molecular complexity index is 1240. The molecule has 9 heteroatoms. The molecule has 3 aromatic heterocycles. The van der Waals surface area contributed by atoms with Gasteiger partial charge in [0.2, 0.25) is 11.5 Å². The van der Waals surface area contributed by atoms with Crippen molar-refractivity contribution in [2.45, 2.75) is 50.1 Å². The van der Waals surface area contributed by atoms with Gasteiger partial charge in [-0.05, 0) is 43.4 Å². The summed E-state index contributed by atoms with van der Waals surface area (Å²) in [4.78, 5) is 32.9. The Kier molecular flexibility index (Phi) is 5.12. The Hall–Kier alpha value is -3.07. The zero-order valence-corrected chi connectivity index (χ0v) is 18.4. The highest BCUT2D eigenvalue weighted by atomic mass is 19.3. The molecule has 174 valence electrons. The molecule has 0 aromatic carbocycles.